The van der Waals surface area contributed by atoms with Crippen LogP contribution in [-0.4, -0.2) is 4.75 Å². The van der Waals surface area contributed by atoms with E-state index in [-0.39, 0.29) is 4.75 Å². The summed E-state index contributed by atoms with van der Waals surface area (Å²) in [6.45, 7) is 14.1. The Balaban J connectivity index is 3.99. The van der Waals surface area contributed by atoms with Crippen LogP contribution in [0.4, 0.5) is 0 Å². The molecule has 0 aliphatic carbocycles. The molecule has 0 unspecified atom stereocenters. The molecule has 0 aromatic heterocycles. The van der Waals surface area contributed by atoms with Crippen molar-refractivity contribution in [2.45, 2.75) is 38.4 Å². The molecule has 0 aliphatic rings. The van der Waals surface area contributed by atoms with Gasteiger partial charge in [-0.3, -0.25) is 0 Å². The fourth-order valence-corrected chi connectivity index (χ4v) is 0.722. The quantitative estimate of drug-likeness (QED) is 0.483. The largest absolute Gasteiger partial charge is 0.169 e. The van der Waals surface area contributed by atoms with Gasteiger partial charge in [-0.05, 0) is 26.7 Å². The first-order chi connectivity index (χ1) is 4.88. The molecule has 0 bridgehead atoms. The Kier molecular flexibility index (Phi) is 3.95. The van der Waals surface area contributed by atoms with Crippen LogP contribution < -0.4 is 0 Å². The molecule has 0 atom stereocenters. The summed E-state index contributed by atoms with van der Waals surface area (Å²) >= 11 is 4.42. The number of hydrogen-bond donors (Lipinski definition) is 1. The highest BCUT2D eigenvalue weighted by atomic mass is 32.1. The van der Waals surface area contributed by atoms with Gasteiger partial charge < -0.3 is 0 Å². The molecule has 0 aliphatic heterocycles. The molecule has 0 aromatic rings. The molecule has 0 spiro atoms. The van der Waals surface area contributed by atoms with E-state index in [1.165, 1.54) is 5.57 Å². The molecule has 0 heterocycles. The molecule has 0 fully saturated rings. The third-order valence-corrected chi connectivity index (χ3v) is 2.14. The van der Waals surface area contributed by atoms with Crippen molar-refractivity contribution in [3.8, 4) is 0 Å². The lowest BCUT2D eigenvalue weighted by atomic mass is 9.96. The predicted octanol–water partition coefficient (Wildman–Crippen LogP) is 3.61. The van der Waals surface area contributed by atoms with Gasteiger partial charge in [0.15, 0.2) is 0 Å². The van der Waals surface area contributed by atoms with E-state index in [1.807, 2.05) is 0 Å². The monoisotopic (exact) mass is 170 g/mol. The van der Waals surface area contributed by atoms with E-state index >= 15 is 0 Å². The van der Waals surface area contributed by atoms with Crippen molar-refractivity contribution in [3.05, 3.63) is 24.3 Å². The van der Waals surface area contributed by atoms with Gasteiger partial charge in [0.1, 0.15) is 0 Å². The van der Waals surface area contributed by atoms with Crippen LogP contribution in [0.1, 0.15) is 33.6 Å². The molecular formula is C10H18S. The third kappa shape index (κ3) is 4.31. The Morgan fingerprint density at radius 2 is 1.82 bits per heavy atom. The summed E-state index contributed by atoms with van der Waals surface area (Å²) in [5.74, 6) is 0. The lowest BCUT2D eigenvalue weighted by Gasteiger charge is -2.21. The number of hydrogen-bond acceptors (Lipinski definition) is 1. The van der Waals surface area contributed by atoms with Gasteiger partial charge in [-0.2, -0.15) is 12.6 Å². The minimum absolute atomic E-state index is 0.0713. The molecule has 0 N–H and O–H groups in total. The van der Waals surface area contributed by atoms with Crippen LogP contribution in [0.2, 0.25) is 0 Å². The SMILES string of the molecule is C=C(CC)CC(=C)C(C)(C)S. The summed E-state index contributed by atoms with van der Waals surface area (Å²) in [5.41, 5.74) is 2.38. The predicted molar refractivity (Wildman–Crippen MR) is 56.3 cm³/mol. The summed E-state index contributed by atoms with van der Waals surface area (Å²) in [4.78, 5) is 0. The Morgan fingerprint density at radius 3 is 2.09 bits per heavy atom. The Labute approximate surface area is 75.8 Å². The molecule has 1 heteroatoms. The van der Waals surface area contributed by atoms with E-state index in [0.29, 0.717) is 0 Å². The minimum Gasteiger partial charge on any atom is -0.169 e. The van der Waals surface area contributed by atoms with Crippen LogP contribution in [0, 0.1) is 0 Å². The van der Waals surface area contributed by atoms with E-state index in [0.717, 1.165) is 18.4 Å². The maximum Gasteiger partial charge on any atom is 0.0282 e. The van der Waals surface area contributed by atoms with E-state index in [4.69, 9.17) is 0 Å². The van der Waals surface area contributed by atoms with Crippen molar-refractivity contribution in [2.24, 2.45) is 0 Å². The summed E-state index contributed by atoms with van der Waals surface area (Å²) in [5, 5.41) is 0. The maximum atomic E-state index is 4.42. The molecule has 64 valence electrons. The Hall–Kier alpha value is -0.170. The normalized spacial score (nSPS) is 11.3. The lowest BCUT2D eigenvalue weighted by molar-refractivity contribution is 0.797. The summed E-state index contributed by atoms with van der Waals surface area (Å²) in [6, 6.07) is 0. The van der Waals surface area contributed by atoms with Gasteiger partial charge in [-0.25, -0.2) is 0 Å². The molecule has 0 aromatic carbocycles. The lowest BCUT2D eigenvalue weighted by Crippen LogP contribution is -2.13. The zero-order valence-corrected chi connectivity index (χ0v) is 8.67. The maximum absolute atomic E-state index is 4.42. The van der Waals surface area contributed by atoms with Gasteiger partial charge in [0.25, 0.3) is 0 Å². The van der Waals surface area contributed by atoms with Crippen molar-refractivity contribution < 1.29 is 0 Å². The van der Waals surface area contributed by atoms with Crippen molar-refractivity contribution in [1.82, 2.24) is 0 Å². The van der Waals surface area contributed by atoms with Crippen molar-refractivity contribution in [3.63, 3.8) is 0 Å². The van der Waals surface area contributed by atoms with Gasteiger partial charge in [-0.1, -0.05) is 31.2 Å². The zero-order chi connectivity index (χ0) is 9.07. The van der Waals surface area contributed by atoms with E-state index in [2.05, 4.69) is 46.6 Å². The second-order valence-electron chi connectivity index (χ2n) is 3.44. The zero-order valence-electron chi connectivity index (χ0n) is 7.78. The van der Waals surface area contributed by atoms with Crippen molar-refractivity contribution in [2.75, 3.05) is 0 Å². The van der Waals surface area contributed by atoms with Gasteiger partial charge in [-0.15, -0.1) is 0 Å². The van der Waals surface area contributed by atoms with Crippen LogP contribution >= 0.6 is 12.6 Å². The highest BCUT2D eigenvalue weighted by Crippen LogP contribution is 2.27. The molecule has 11 heavy (non-hydrogen) atoms. The molecule has 0 saturated heterocycles. The number of thiol groups is 1. The summed E-state index contributed by atoms with van der Waals surface area (Å²) < 4.78 is -0.0713. The Morgan fingerprint density at radius 1 is 1.36 bits per heavy atom. The van der Waals surface area contributed by atoms with Gasteiger partial charge in [0, 0.05) is 4.75 Å². The summed E-state index contributed by atoms with van der Waals surface area (Å²) in [6.07, 6.45) is 1.94. The van der Waals surface area contributed by atoms with E-state index < -0.39 is 0 Å². The topological polar surface area (TPSA) is 0 Å². The summed E-state index contributed by atoms with van der Waals surface area (Å²) in [7, 11) is 0. The first kappa shape index (κ1) is 10.8. The van der Waals surface area contributed by atoms with Gasteiger partial charge >= 0.3 is 0 Å². The van der Waals surface area contributed by atoms with Gasteiger partial charge in [0.05, 0.1) is 0 Å². The smallest absolute Gasteiger partial charge is 0.0282 e. The first-order valence-electron chi connectivity index (χ1n) is 3.95. The highest BCUT2D eigenvalue weighted by Gasteiger charge is 2.15. The number of rotatable bonds is 4. The fraction of sp³-hybridized carbons (Fsp3) is 0.600. The average Bonchev–Trinajstić information content (AvgIpc) is 1.85. The minimum atomic E-state index is -0.0713. The van der Waals surface area contributed by atoms with Gasteiger partial charge in [0.2, 0.25) is 0 Å². The second-order valence-corrected chi connectivity index (χ2v) is 4.56. The second kappa shape index (κ2) is 4.01. The fourth-order valence-electron chi connectivity index (χ4n) is 0.643. The van der Waals surface area contributed by atoms with E-state index in [1.54, 1.807) is 0 Å². The molecular weight excluding hydrogens is 152 g/mol. The number of allylic oxidation sites excluding steroid dienone is 1. The molecule has 0 rings (SSSR count). The van der Waals surface area contributed by atoms with Crippen LogP contribution in [0.25, 0.3) is 0 Å². The van der Waals surface area contributed by atoms with Crippen LogP contribution in [0.3, 0.4) is 0 Å². The molecule has 0 saturated carbocycles. The van der Waals surface area contributed by atoms with Crippen LogP contribution in [0.15, 0.2) is 24.3 Å². The third-order valence-electron chi connectivity index (χ3n) is 1.83. The highest BCUT2D eigenvalue weighted by molar-refractivity contribution is 7.82. The first-order valence-corrected chi connectivity index (χ1v) is 4.40. The van der Waals surface area contributed by atoms with E-state index in [9.17, 15) is 0 Å². The van der Waals surface area contributed by atoms with Crippen LogP contribution in [-0.2, 0) is 0 Å². The van der Waals surface area contributed by atoms with Crippen molar-refractivity contribution >= 4 is 12.6 Å². The van der Waals surface area contributed by atoms with Crippen molar-refractivity contribution in [1.29, 1.82) is 0 Å². The van der Waals surface area contributed by atoms with Crippen LogP contribution in [0.5, 0.6) is 0 Å². The Bertz CT molecular complexity index is 160. The average molecular weight is 170 g/mol. The standard InChI is InChI=1S/C10H18S/c1-6-8(2)7-9(3)10(4,5)11/h11H,2-3,6-7H2,1,4-5H3. The molecule has 0 amide bonds. The molecule has 0 radical (unpaired) electrons. The molecule has 0 nitrogen and oxygen atoms in total.